The standard InChI is InChI=1S/3C8H9.C2H7N.Bi/c1-7-4-3-5-8(2)6-7;2*1-2-8-6-4-3-5-7-8;1-3-2;/h3-4,6H,1-2H3;2*4-7H,2H2,1H3;3H,1-2H3;. The van der Waals surface area contributed by atoms with Crippen molar-refractivity contribution >= 4 is 31.6 Å². The SMILES string of the molecule is CCc1cc[c]([Bi]([c]2ccc(CC)cc2)[c]2ccc(C)cc2C)cc1.CNC. The van der Waals surface area contributed by atoms with E-state index in [9.17, 15) is 0 Å². The van der Waals surface area contributed by atoms with Gasteiger partial charge >= 0.3 is 161 Å². The van der Waals surface area contributed by atoms with E-state index in [1.165, 1.54) is 22.3 Å². The van der Waals surface area contributed by atoms with Gasteiger partial charge < -0.3 is 5.32 Å². The van der Waals surface area contributed by atoms with Gasteiger partial charge in [-0.2, -0.15) is 0 Å². The van der Waals surface area contributed by atoms with Gasteiger partial charge in [0.2, 0.25) is 0 Å². The van der Waals surface area contributed by atoms with E-state index in [0.29, 0.717) is 0 Å². The van der Waals surface area contributed by atoms with Crippen LogP contribution >= 0.6 is 0 Å². The maximum atomic E-state index is 2.75. The molecule has 0 aliphatic heterocycles. The van der Waals surface area contributed by atoms with Crippen LogP contribution in [-0.2, 0) is 12.8 Å². The molecule has 0 unspecified atom stereocenters. The van der Waals surface area contributed by atoms with Gasteiger partial charge in [-0.3, -0.25) is 0 Å². The molecule has 0 saturated heterocycles. The Bertz CT molecular complexity index is 803. The van der Waals surface area contributed by atoms with Crippen LogP contribution < -0.4 is 15.1 Å². The number of hydrogen-bond acceptors (Lipinski definition) is 1. The molecule has 0 aliphatic rings. The minimum Gasteiger partial charge on any atom is -0.323 e. The van der Waals surface area contributed by atoms with Gasteiger partial charge in [0.1, 0.15) is 0 Å². The van der Waals surface area contributed by atoms with Crippen molar-refractivity contribution in [2.24, 2.45) is 0 Å². The topological polar surface area (TPSA) is 12.0 Å². The Morgan fingerprint density at radius 3 is 1.46 bits per heavy atom. The zero-order valence-electron chi connectivity index (χ0n) is 18.2. The first-order valence-corrected chi connectivity index (χ1v) is 15.4. The van der Waals surface area contributed by atoms with Gasteiger partial charge in [0, 0.05) is 0 Å². The van der Waals surface area contributed by atoms with Crippen molar-refractivity contribution < 1.29 is 0 Å². The van der Waals surface area contributed by atoms with Crippen LogP contribution in [-0.4, -0.2) is 35.8 Å². The summed E-state index contributed by atoms with van der Waals surface area (Å²) in [5.74, 6) is 0. The van der Waals surface area contributed by atoms with Gasteiger partial charge in [-0.25, -0.2) is 0 Å². The molecule has 0 atom stereocenters. The van der Waals surface area contributed by atoms with Crippen LogP contribution in [0.15, 0.2) is 66.7 Å². The van der Waals surface area contributed by atoms with Crippen molar-refractivity contribution in [1.82, 2.24) is 5.32 Å². The third-order valence-electron chi connectivity index (χ3n) is 4.80. The van der Waals surface area contributed by atoms with E-state index < -0.39 is 21.8 Å². The minimum atomic E-state index is -2.24. The van der Waals surface area contributed by atoms with Crippen molar-refractivity contribution in [2.45, 2.75) is 40.5 Å². The molecule has 3 aromatic carbocycles. The molecule has 0 bridgehead atoms. The molecule has 3 aromatic rings. The fourth-order valence-electron chi connectivity index (χ4n) is 3.24. The zero-order chi connectivity index (χ0) is 20.5. The second-order valence-electron chi connectivity index (χ2n) is 7.17. The number of rotatable bonds is 5. The Hall–Kier alpha value is -1.50. The molecule has 0 spiro atoms. The molecule has 0 saturated carbocycles. The van der Waals surface area contributed by atoms with Gasteiger partial charge in [0.25, 0.3) is 0 Å². The maximum Gasteiger partial charge on any atom is -0.0167 e. The Balaban J connectivity index is 0.000000878. The predicted octanol–water partition coefficient (Wildman–Crippen LogP) is 3.78. The summed E-state index contributed by atoms with van der Waals surface area (Å²) in [6.45, 7) is 8.92. The van der Waals surface area contributed by atoms with Crippen LogP contribution in [0.3, 0.4) is 0 Å². The fraction of sp³-hybridized carbons (Fsp3) is 0.308. The molecule has 0 fully saturated rings. The van der Waals surface area contributed by atoms with Crippen LogP contribution in [0.1, 0.15) is 36.1 Å². The van der Waals surface area contributed by atoms with E-state index in [1.807, 2.05) is 14.1 Å². The van der Waals surface area contributed by atoms with E-state index in [0.717, 1.165) is 12.8 Å². The average molecular weight is 570 g/mol. The Kier molecular flexibility index (Phi) is 9.35. The summed E-state index contributed by atoms with van der Waals surface area (Å²) in [5.41, 5.74) is 5.66. The molecular weight excluding hydrogens is 535 g/mol. The second kappa shape index (κ2) is 11.5. The van der Waals surface area contributed by atoms with E-state index in [-0.39, 0.29) is 0 Å². The second-order valence-corrected chi connectivity index (χ2v) is 15.7. The largest absolute Gasteiger partial charge is 0.323 e. The molecule has 3 rings (SSSR count). The number of benzene rings is 3. The van der Waals surface area contributed by atoms with Crippen molar-refractivity contribution in [3.8, 4) is 0 Å². The third-order valence-corrected chi connectivity index (χ3v) is 15.0. The molecule has 28 heavy (non-hydrogen) atoms. The number of aryl methyl sites for hydroxylation is 4. The minimum absolute atomic E-state index is 1.11. The molecule has 1 nitrogen and oxygen atoms in total. The Labute approximate surface area is 179 Å². The summed E-state index contributed by atoms with van der Waals surface area (Å²) in [5, 5.41) is 2.75. The molecule has 0 heterocycles. The van der Waals surface area contributed by atoms with Crippen molar-refractivity contribution in [3.63, 3.8) is 0 Å². The summed E-state index contributed by atoms with van der Waals surface area (Å²) in [6.07, 6.45) is 2.21. The molecule has 2 heteroatoms. The van der Waals surface area contributed by atoms with Crippen LogP contribution in [0, 0.1) is 13.8 Å². The summed E-state index contributed by atoms with van der Waals surface area (Å²) >= 11 is -2.24. The van der Waals surface area contributed by atoms with Crippen molar-refractivity contribution in [1.29, 1.82) is 0 Å². The summed E-state index contributed by atoms with van der Waals surface area (Å²) < 4.78 is 4.75. The van der Waals surface area contributed by atoms with E-state index in [2.05, 4.69) is 99.7 Å². The van der Waals surface area contributed by atoms with E-state index in [1.54, 1.807) is 9.81 Å². The van der Waals surface area contributed by atoms with Crippen molar-refractivity contribution in [3.05, 3.63) is 89.0 Å². The first-order valence-electron chi connectivity index (χ1n) is 10.2. The van der Waals surface area contributed by atoms with Crippen molar-refractivity contribution in [2.75, 3.05) is 14.1 Å². The monoisotopic (exact) mass is 569 g/mol. The normalized spacial score (nSPS) is 10.5. The van der Waals surface area contributed by atoms with Crippen LogP contribution in [0.4, 0.5) is 0 Å². The van der Waals surface area contributed by atoms with Gasteiger partial charge in [-0.15, -0.1) is 0 Å². The number of hydrogen-bond donors (Lipinski definition) is 1. The summed E-state index contributed by atoms with van der Waals surface area (Å²) in [7, 11) is 3.75. The molecule has 0 aromatic heterocycles. The fourth-order valence-corrected chi connectivity index (χ4v) is 12.5. The Morgan fingerprint density at radius 2 is 1.11 bits per heavy atom. The molecule has 0 radical (unpaired) electrons. The van der Waals surface area contributed by atoms with Crippen LogP contribution in [0.25, 0.3) is 0 Å². The number of nitrogens with one attached hydrogen (secondary N) is 1. The molecule has 0 amide bonds. The zero-order valence-corrected chi connectivity index (χ0v) is 21.7. The van der Waals surface area contributed by atoms with Crippen LogP contribution in [0.5, 0.6) is 0 Å². The average Bonchev–Trinajstić information content (AvgIpc) is 2.71. The summed E-state index contributed by atoms with van der Waals surface area (Å²) in [6, 6.07) is 25.9. The Morgan fingerprint density at radius 1 is 0.679 bits per heavy atom. The van der Waals surface area contributed by atoms with E-state index >= 15 is 0 Å². The van der Waals surface area contributed by atoms with Gasteiger partial charge in [-0.05, 0) is 14.1 Å². The molecule has 0 aliphatic carbocycles. The smallest absolute Gasteiger partial charge is 0.0167 e. The van der Waals surface area contributed by atoms with Gasteiger partial charge in [0.05, 0.1) is 0 Å². The first kappa shape index (κ1) is 22.8. The van der Waals surface area contributed by atoms with Crippen LogP contribution in [0.2, 0.25) is 0 Å². The maximum absolute atomic E-state index is 2.75. The van der Waals surface area contributed by atoms with Gasteiger partial charge in [-0.1, -0.05) is 0 Å². The van der Waals surface area contributed by atoms with Gasteiger partial charge in [0.15, 0.2) is 0 Å². The third kappa shape index (κ3) is 6.00. The predicted molar refractivity (Wildman–Crippen MR) is 127 cm³/mol. The first-order chi connectivity index (χ1) is 13.5. The molecular formula is C26H34BiN. The quantitative estimate of drug-likeness (QED) is 0.462. The molecule has 148 valence electrons. The molecule has 1 N–H and O–H groups in total. The summed E-state index contributed by atoms with van der Waals surface area (Å²) in [4.78, 5) is 0. The van der Waals surface area contributed by atoms with E-state index in [4.69, 9.17) is 0 Å².